The van der Waals surface area contributed by atoms with Crippen LogP contribution in [-0.4, -0.2) is 28.2 Å². The highest BCUT2D eigenvalue weighted by Crippen LogP contribution is 2.46. The van der Waals surface area contributed by atoms with Gasteiger partial charge in [0.05, 0.1) is 90.1 Å². The van der Waals surface area contributed by atoms with E-state index in [0.29, 0.717) is 17.5 Å². The Balaban J connectivity index is 0.887. The van der Waals surface area contributed by atoms with Crippen molar-refractivity contribution in [2.24, 2.45) is 0 Å². The molecule has 10 aromatic carbocycles. The van der Waals surface area contributed by atoms with Crippen molar-refractivity contribution in [1.29, 1.82) is 10.5 Å². The standard InChI is InChI=1S/C78H54N8/c1-46-17-22-67-62(32-46)57-10-6-8-12-65(57)83(67)73-39-52(44-79)40-74(77(73)54-24-28-81-29-25-54)84-66-13-9-7-11-58(66)63-38-51(18-23-68(63)84)37-56-43-64-61-21-16-49(4)35-71(61)86(72(64)36-50(56)5)76-42-53(45-80)41-75(78(76)55-26-30-82-31-27-55)85-69-33-47(2)14-19-59(69)60-20-15-48(3)34-70(60)85/h6-36,38-43H,37H2,1-5H3. The van der Waals surface area contributed by atoms with Crippen molar-refractivity contribution >= 4 is 87.2 Å². The summed E-state index contributed by atoms with van der Waals surface area (Å²) in [7, 11) is 0. The maximum Gasteiger partial charge on any atom is 0.0993 e. The third kappa shape index (κ3) is 7.74. The van der Waals surface area contributed by atoms with Gasteiger partial charge in [-0.3, -0.25) is 9.97 Å². The summed E-state index contributed by atoms with van der Waals surface area (Å²) in [5.74, 6) is 0. The second-order valence-electron chi connectivity index (χ2n) is 23.3. The van der Waals surface area contributed by atoms with Crippen LogP contribution in [0.1, 0.15) is 50.1 Å². The normalized spacial score (nSPS) is 11.8. The largest absolute Gasteiger partial charge is 0.308 e. The quantitative estimate of drug-likeness (QED) is 0.151. The molecule has 0 radical (unpaired) electrons. The topological polar surface area (TPSA) is 93.1 Å². The predicted molar refractivity (Wildman–Crippen MR) is 353 cm³/mol. The number of aromatic nitrogens is 6. The zero-order chi connectivity index (χ0) is 58.1. The Morgan fingerprint density at radius 3 is 1.16 bits per heavy atom. The molecule has 0 aliphatic rings. The number of hydrogen-bond acceptors (Lipinski definition) is 4. The second kappa shape index (κ2) is 19.4. The van der Waals surface area contributed by atoms with Crippen LogP contribution in [-0.2, 0) is 6.42 Å². The minimum absolute atomic E-state index is 0.566. The van der Waals surface area contributed by atoms with Crippen LogP contribution >= 0.6 is 0 Å². The maximum atomic E-state index is 11.0. The molecule has 6 aromatic heterocycles. The lowest BCUT2D eigenvalue weighted by atomic mass is 9.96. The van der Waals surface area contributed by atoms with E-state index in [1.807, 2.05) is 30.9 Å². The first kappa shape index (κ1) is 50.4. The molecule has 6 heterocycles. The molecule has 0 N–H and O–H groups in total. The zero-order valence-corrected chi connectivity index (χ0v) is 48.1. The van der Waals surface area contributed by atoms with Gasteiger partial charge in [-0.25, -0.2) is 0 Å². The average Bonchev–Trinajstić information content (AvgIpc) is 1.78. The van der Waals surface area contributed by atoms with Crippen LogP contribution in [0.25, 0.3) is 132 Å². The van der Waals surface area contributed by atoms with Crippen LogP contribution in [0.3, 0.4) is 0 Å². The summed E-state index contributed by atoms with van der Waals surface area (Å²) in [5, 5.41) is 31.2. The number of fused-ring (bicyclic) bond motifs is 12. The Bertz CT molecular complexity index is 5580. The van der Waals surface area contributed by atoms with E-state index in [4.69, 9.17) is 0 Å². The van der Waals surface area contributed by atoms with Gasteiger partial charge in [0.25, 0.3) is 0 Å². The number of nitrogens with zero attached hydrogens (tertiary/aromatic N) is 8. The van der Waals surface area contributed by atoms with Crippen LogP contribution < -0.4 is 0 Å². The van der Waals surface area contributed by atoms with Crippen molar-refractivity contribution < 1.29 is 0 Å². The highest BCUT2D eigenvalue weighted by atomic mass is 15.0. The second-order valence-corrected chi connectivity index (χ2v) is 23.3. The molecule has 86 heavy (non-hydrogen) atoms. The third-order valence-electron chi connectivity index (χ3n) is 17.8. The smallest absolute Gasteiger partial charge is 0.0993 e. The molecule has 0 fully saturated rings. The minimum atomic E-state index is 0.566. The molecule has 0 saturated heterocycles. The Labute approximate surface area is 496 Å². The lowest BCUT2D eigenvalue weighted by molar-refractivity contribution is 1.12. The molecule has 8 nitrogen and oxygen atoms in total. The zero-order valence-electron chi connectivity index (χ0n) is 48.1. The molecule has 16 rings (SSSR count). The number of nitriles is 2. The van der Waals surface area contributed by atoms with E-state index < -0.39 is 0 Å². The van der Waals surface area contributed by atoms with Crippen LogP contribution in [0.5, 0.6) is 0 Å². The molecule has 0 aliphatic heterocycles. The van der Waals surface area contributed by atoms with Crippen molar-refractivity contribution in [2.75, 3.05) is 0 Å². The molecular formula is C78H54N8. The van der Waals surface area contributed by atoms with Gasteiger partial charge in [0.1, 0.15) is 0 Å². The van der Waals surface area contributed by atoms with E-state index in [9.17, 15) is 10.5 Å². The van der Waals surface area contributed by atoms with Crippen molar-refractivity contribution in [3.05, 3.63) is 275 Å². The number of pyridine rings is 2. The molecule has 0 atom stereocenters. The highest BCUT2D eigenvalue weighted by molar-refractivity contribution is 6.15. The van der Waals surface area contributed by atoms with Crippen LogP contribution in [0.4, 0.5) is 0 Å². The molecule has 0 saturated carbocycles. The first-order chi connectivity index (χ1) is 42.1. The van der Waals surface area contributed by atoms with Gasteiger partial charge in [-0.2, -0.15) is 10.5 Å². The lowest BCUT2D eigenvalue weighted by Gasteiger charge is -2.21. The maximum absolute atomic E-state index is 11.0. The SMILES string of the molecule is Cc1ccc2c(c1)c1ccccc1n2-c1cc(C#N)cc(-n2c3ccccc3c3cc(Cc4cc5c6ccc(C)cc6n(-c6cc(C#N)cc(-n7c8cc(C)ccc8c8ccc(C)cc87)c6-c6ccncc6)c5cc4C)ccc32)c1-c1ccncc1. The van der Waals surface area contributed by atoms with Gasteiger partial charge in [0.2, 0.25) is 0 Å². The van der Waals surface area contributed by atoms with Crippen LogP contribution in [0.2, 0.25) is 0 Å². The molecule has 16 aromatic rings. The third-order valence-corrected chi connectivity index (χ3v) is 17.8. The van der Waals surface area contributed by atoms with E-state index in [1.54, 1.807) is 0 Å². The average molecular weight is 1100 g/mol. The Hall–Kier alpha value is -11.3. The minimum Gasteiger partial charge on any atom is -0.308 e. The van der Waals surface area contributed by atoms with Crippen molar-refractivity contribution in [1.82, 2.24) is 28.2 Å². The number of benzene rings is 10. The lowest BCUT2D eigenvalue weighted by Crippen LogP contribution is -2.05. The predicted octanol–water partition coefficient (Wildman–Crippen LogP) is 19.1. The Morgan fingerprint density at radius 1 is 0.326 bits per heavy atom. The fraction of sp³-hybridized carbons (Fsp3) is 0.0769. The summed E-state index contributed by atoms with van der Waals surface area (Å²) in [6.07, 6.45) is 8.12. The first-order valence-electron chi connectivity index (χ1n) is 29.2. The fourth-order valence-corrected chi connectivity index (χ4v) is 13.9. The van der Waals surface area contributed by atoms with Gasteiger partial charge in [0.15, 0.2) is 0 Å². The number of para-hydroxylation sites is 2. The van der Waals surface area contributed by atoms with Gasteiger partial charge >= 0.3 is 0 Å². The summed E-state index contributed by atoms with van der Waals surface area (Å²) < 4.78 is 9.46. The molecule has 406 valence electrons. The molecule has 0 aliphatic carbocycles. The van der Waals surface area contributed by atoms with Crippen LogP contribution in [0, 0.1) is 57.3 Å². The molecule has 0 unspecified atom stereocenters. The van der Waals surface area contributed by atoms with Gasteiger partial charge in [-0.1, -0.05) is 90.5 Å². The first-order valence-corrected chi connectivity index (χ1v) is 29.2. The fourth-order valence-electron chi connectivity index (χ4n) is 13.9. The van der Waals surface area contributed by atoms with Crippen LogP contribution in [0.15, 0.2) is 225 Å². The number of rotatable bonds is 8. The van der Waals surface area contributed by atoms with E-state index in [2.05, 4.69) is 269 Å². The molecular weight excluding hydrogens is 1050 g/mol. The summed E-state index contributed by atoms with van der Waals surface area (Å²) in [6.45, 7) is 10.8. The molecule has 0 spiro atoms. The Kier molecular flexibility index (Phi) is 11.4. The monoisotopic (exact) mass is 1100 g/mol. The summed E-state index contributed by atoms with van der Waals surface area (Å²) in [4.78, 5) is 8.97. The molecule has 8 heteroatoms. The van der Waals surface area contributed by atoms with Gasteiger partial charge in [-0.05, 0) is 201 Å². The number of hydrogen-bond donors (Lipinski definition) is 0. The number of aryl methyl sites for hydroxylation is 5. The van der Waals surface area contributed by atoms with Gasteiger partial charge in [-0.15, -0.1) is 0 Å². The van der Waals surface area contributed by atoms with E-state index in [-0.39, 0.29) is 0 Å². The van der Waals surface area contributed by atoms with Crippen molar-refractivity contribution in [3.8, 4) is 57.1 Å². The molecule has 0 amide bonds. The Morgan fingerprint density at radius 2 is 0.686 bits per heavy atom. The van der Waals surface area contributed by atoms with E-state index >= 15 is 0 Å². The summed E-state index contributed by atoms with van der Waals surface area (Å²) >= 11 is 0. The molecule has 0 bridgehead atoms. The van der Waals surface area contributed by atoms with E-state index in [0.717, 1.165) is 144 Å². The summed E-state index contributed by atoms with van der Waals surface area (Å²) in [5.41, 5.74) is 25.6. The van der Waals surface area contributed by atoms with Crippen molar-refractivity contribution in [2.45, 2.75) is 41.0 Å². The highest BCUT2D eigenvalue weighted by Gasteiger charge is 2.27. The van der Waals surface area contributed by atoms with Crippen molar-refractivity contribution in [3.63, 3.8) is 0 Å². The van der Waals surface area contributed by atoms with Gasteiger partial charge < -0.3 is 18.3 Å². The van der Waals surface area contributed by atoms with E-state index in [1.165, 1.54) is 27.6 Å². The summed E-state index contributed by atoms with van der Waals surface area (Å²) in [6, 6.07) is 77.4. The van der Waals surface area contributed by atoms with Gasteiger partial charge in [0, 0.05) is 79.0 Å².